The molecule has 2 amide bonds. The van der Waals surface area contributed by atoms with Crippen LogP contribution in [0.15, 0.2) is 58.6 Å². The van der Waals surface area contributed by atoms with Gasteiger partial charge in [0, 0.05) is 24.5 Å². The van der Waals surface area contributed by atoms with E-state index in [1.165, 1.54) is 11.3 Å². The molecule has 0 aliphatic heterocycles. The predicted molar refractivity (Wildman–Crippen MR) is 99.4 cm³/mol. The first kappa shape index (κ1) is 17.6. The molecule has 0 fully saturated rings. The van der Waals surface area contributed by atoms with Crippen molar-refractivity contribution in [3.05, 3.63) is 59.1 Å². The topological polar surface area (TPSA) is 105 Å². The molecule has 0 saturated carbocycles. The van der Waals surface area contributed by atoms with E-state index in [4.69, 9.17) is 0 Å². The van der Waals surface area contributed by atoms with Gasteiger partial charge < -0.3 is 10.6 Å². The van der Waals surface area contributed by atoms with Crippen LogP contribution >= 0.6 is 11.8 Å². The minimum atomic E-state index is -0.438. The number of carbonyl (C=O) groups excluding carboxylic acids is 2. The molecule has 132 valence electrons. The summed E-state index contributed by atoms with van der Waals surface area (Å²) in [5.74, 6) is -0.348. The Morgan fingerprint density at radius 3 is 2.42 bits per heavy atom. The highest BCUT2D eigenvalue weighted by molar-refractivity contribution is 7.99. The van der Waals surface area contributed by atoms with Crippen molar-refractivity contribution in [3.63, 3.8) is 0 Å². The van der Waals surface area contributed by atoms with E-state index in [2.05, 4.69) is 20.6 Å². The SMILES string of the molecule is CC(=O)Nc1ccc(NC(=O)CSc2nc(=O)n3ccccc3n2)cc1. The van der Waals surface area contributed by atoms with Crippen LogP contribution in [0.2, 0.25) is 0 Å². The molecule has 0 radical (unpaired) electrons. The summed E-state index contributed by atoms with van der Waals surface area (Å²) < 4.78 is 1.33. The van der Waals surface area contributed by atoms with Gasteiger partial charge in [-0.1, -0.05) is 17.8 Å². The van der Waals surface area contributed by atoms with Crippen molar-refractivity contribution in [1.82, 2.24) is 14.4 Å². The molecule has 0 spiro atoms. The van der Waals surface area contributed by atoms with E-state index < -0.39 is 5.69 Å². The zero-order valence-electron chi connectivity index (χ0n) is 13.8. The maximum Gasteiger partial charge on any atom is 0.355 e. The molecule has 0 saturated heterocycles. The van der Waals surface area contributed by atoms with Crippen LogP contribution < -0.4 is 16.3 Å². The molecular formula is C17H15N5O3S. The Balaban J connectivity index is 1.60. The monoisotopic (exact) mass is 369 g/mol. The van der Waals surface area contributed by atoms with E-state index in [1.54, 1.807) is 48.7 Å². The van der Waals surface area contributed by atoms with Gasteiger partial charge in [0.15, 0.2) is 5.16 Å². The van der Waals surface area contributed by atoms with Gasteiger partial charge in [-0.2, -0.15) is 4.98 Å². The third kappa shape index (κ3) is 4.45. The Morgan fingerprint density at radius 1 is 1.04 bits per heavy atom. The quantitative estimate of drug-likeness (QED) is 0.664. The van der Waals surface area contributed by atoms with Crippen LogP contribution in [0.25, 0.3) is 5.65 Å². The fourth-order valence-electron chi connectivity index (χ4n) is 2.18. The molecule has 3 aromatic rings. The molecule has 2 heterocycles. The molecule has 9 heteroatoms. The lowest BCUT2D eigenvalue weighted by Gasteiger charge is -2.07. The predicted octanol–water partition coefficient (Wildman–Crippen LogP) is 1.78. The first-order chi connectivity index (χ1) is 12.5. The van der Waals surface area contributed by atoms with E-state index in [-0.39, 0.29) is 22.7 Å². The van der Waals surface area contributed by atoms with Gasteiger partial charge in [0.05, 0.1) is 5.75 Å². The number of anilines is 2. The molecule has 0 bridgehead atoms. The summed E-state index contributed by atoms with van der Waals surface area (Å²) in [5, 5.41) is 5.63. The maximum atomic E-state index is 12.1. The smallest absolute Gasteiger partial charge is 0.326 e. The number of rotatable bonds is 5. The zero-order chi connectivity index (χ0) is 18.5. The van der Waals surface area contributed by atoms with E-state index >= 15 is 0 Å². The van der Waals surface area contributed by atoms with Gasteiger partial charge in [0.25, 0.3) is 0 Å². The lowest BCUT2D eigenvalue weighted by Crippen LogP contribution is -2.20. The Morgan fingerprint density at radius 2 is 1.73 bits per heavy atom. The molecule has 1 aromatic carbocycles. The number of hydrogen-bond donors (Lipinski definition) is 2. The number of fused-ring (bicyclic) bond motifs is 1. The molecule has 0 atom stereocenters. The molecule has 2 N–H and O–H groups in total. The number of nitrogens with zero attached hydrogens (tertiary/aromatic N) is 3. The van der Waals surface area contributed by atoms with Gasteiger partial charge in [0.1, 0.15) is 5.65 Å². The maximum absolute atomic E-state index is 12.1. The Kier molecular flexibility index (Phi) is 5.28. The number of aromatic nitrogens is 3. The fraction of sp³-hybridized carbons (Fsp3) is 0.118. The summed E-state index contributed by atoms with van der Waals surface area (Å²) in [6, 6.07) is 11.9. The molecule has 8 nitrogen and oxygen atoms in total. The van der Waals surface area contributed by atoms with Crippen LogP contribution in [0, 0.1) is 0 Å². The second-order valence-corrected chi connectivity index (χ2v) is 6.26. The minimum absolute atomic E-state index is 0.0654. The zero-order valence-corrected chi connectivity index (χ0v) is 14.6. The van der Waals surface area contributed by atoms with Gasteiger partial charge in [-0.25, -0.2) is 9.78 Å². The van der Waals surface area contributed by atoms with E-state index in [1.807, 2.05) is 0 Å². The van der Waals surface area contributed by atoms with Crippen molar-refractivity contribution in [2.24, 2.45) is 0 Å². The summed E-state index contributed by atoms with van der Waals surface area (Å²) in [4.78, 5) is 43.1. The van der Waals surface area contributed by atoms with E-state index in [0.29, 0.717) is 17.0 Å². The van der Waals surface area contributed by atoms with Crippen LogP contribution in [0.1, 0.15) is 6.92 Å². The fourth-order valence-corrected chi connectivity index (χ4v) is 2.81. The van der Waals surface area contributed by atoms with Gasteiger partial charge in [-0.05, 0) is 36.4 Å². The van der Waals surface area contributed by atoms with E-state index in [9.17, 15) is 14.4 Å². The molecule has 0 aliphatic rings. The summed E-state index contributed by atoms with van der Waals surface area (Å²) in [5.41, 5.74) is 1.29. The van der Waals surface area contributed by atoms with Crippen molar-refractivity contribution < 1.29 is 9.59 Å². The number of benzene rings is 1. The highest BCUT2D eigenvalue weighted by Crippen LogP contribution is 2.16. The summed E-state index contributed by atoms with van der Waals surface area (Å²) >= 11 is 1.08. The molecule has 0 aliphatic carbocycles. The highest BCUT2D eigenvalue weighted by atomic mass is 32.2. The summed E-state index contributed by atoms with van der Waals surface area (Å²) in [6.45, 7) is 1.42. The first-order valence-electron chi connectivity index (χ1n) is 7.67. The lowest BCUT2D eigenvalue weighted by molar-refractivity contribution is -0.114. The van der Waals surface area contributed by atoms with Crippen molar-refractivity contribution in [1.29, 1.82) is 0 Å². The standard InChI is InChI=1S/C17H15N5O3S/c1-11(23)18-12-5-7-13(8-6-12)19-15(24)10-26-16-20-14-4-2-3-9-22(14)17(25)21-16/h2-9H,10H2,1H3,(H,18,23)(H,19,24). The molecule has 2 aromatic heterocycles. The Labute approximate surface area is 152 Å². The molecular weight excluding hydrogens is 354 g/mol. The molecule has 3 rings (SSSR count). The summed E-state index contributed by atoms with van der Waals surface area (Å²) in [7, 11) is 0. The Bertz CT molecular complexity index is 1020. The number of hydrogen-bond acceptors (Lipinski definition) is 6. The number of amides is 2. The average Bonchev–Trinajstić information content (AvgIpc) is 2.61. The van der Waals surface area contributed by atoms with Crippen molar-refractivity contribution >= 4 is 40.6 Å². The number of nitrogens with one attached hydrogen (secondary N) is 2. The van der Waals surface area contributed by atoms with E-state index in [0.717, 1.165) is 11.8 Å². The van der Waals surface area contributed by atoms with Gasteiger partial charge in [-0.15, -0.1) is 0 Å². The van der Waals surface area contributed by atoms with Crippen molar-refractivity contribution in [2.75, 3.05) is 16.4 Å². The van der Waals surface area contributed by atoms with Crippen molar-refractivity contribution in [2.45, 2.75) is 12.1 Å². The lowest BCUT2D eigenvalue weighted by atomic mass is 10.3. The van der Waals surface area contributed by atoms with Gasteiger partial charge >= 0.3 is 5.69 Å². The number of thioether (sulfide) groups is 1. The van der Waals surface area contributed by atoms with Gasteiger partial charge in [-0.3, -0.25) is 14.0 Å². The third-order valence-electron chi connectivity index (χ3n) is 3.27. The summed E-state index contributed by atoms with van der Waals surface area (Å²) in [6.07, 6.45) is 1.59. The van der Waals surface area contributed by atoms with Crippen molar-refractivity contribution in [3.8, 4) is 0 Å². The van der Waals surface area contributed by atoms with Crippen LogP contribution in [0.5, 0.6) is 0 Å². The normalized spacial score (nSPS) is 10.5. The first-order valence-corrected chi connectivity index (χ1v) is 8.65. The van der Waals surface area contributed by atoms with Crippen LogP contribution in [0.4, 0.5) is 11.4 Å². The molecule has 0 unspecified atom stereocenters. The van der Waals surface area contributed by atoms with Crippen LogP contribution in [-0.2, 0) is 9.59 Å². The van der Waals surface area contributed by atoms with Gasteiger partial charge in [0.2, 0.25) is 11.8 Å². The van der Waals surface area contributed by atoms with Crippen LogP contribution in [-0.4, -0.2) is 31.9 Å². The second-order valence-electron chi connectivity index (χ2n) is 5.31. The van der Waals surface area contributed by atoms with Crippen LogP contribution in [0.3, 0.4) is 0 Å². The average molecular weight is 369 g/mol. The Hall–Kier alpha value is -3.20. The second kappa shape index (κ2) is 7.79. The third-order valence-corrected chi connectivity index (χ3v) is 4.11. The highest BCUT2D eigenvalue weighted by Gasteiger charge is 2.08. The molecule has 26 heavy (non-hydrogen) atoms. The largest absolute Gasteiger partial charge is 0.355 e. The number of carbonyl (C=O) groups is 2. The number of pyridine rings is 1. The minimum Gasteiger partial charge on any atom is -0.326 e.